The number of unbranched alkanes of at least 4 members (excludes halogenated alkanes) is 1. The van der Waals surface area contributed by atoms with E-state index in [1.165, 1.54) is 0 Å². The summed E-state index contributed by atoms with van der Waals surface area (Å²) in [5.74, 6) is 1.59. The van der Waals surface area contributed by atoms with Gasteiger partial charge in [0.05, 0.1) is 18.7 Å². The SMILES string of the molecule is CCCC[C@@H](N)c1cc(OC)c(Br)cc1OC.Cl. The van der Waals surface area contributed by atoms with E-state index < -0.39 is 0 Å². The molecule has 2 N–H and O–H groups in total. The number of halogens is 2. The van der Waals surface area contributed by atoms with Crippen molar-refractivity contribution < 1.29 is 9.47 Å². The molecule has 0 spiro atoms. The van der Waals surface area contributed by atoms with Gasteiger partial charge in [0, 0.05) is 11.6 Å². The Kier molecular flexibility index (Phi) is 8.40. The van der Waals surface area contributed by atoms with E-state index in [9.17, 15) is 0 Å². The molecule has 0 aromatic heterocycles. The first-order valence-corrected chi connectivity index (χ1v) is 6.60. The molecular formula is C13H21BrClNO2. The van der Waals surface area contributed by atoms with Crippen molar-refractivity contribution >= 4 is 28.3 Å². The van der Waals surface area contributed by atoms with Gasteiger partial charge in [0.25, 0.3) is 0 Å². The van der Waals surface area contributed by atoms with Crippen molar-refractivity contribution in [2.45, 2.75) is 32.2 Å². The maximum absolute atomic E-state index is 6.18. The van der Waals surface area contributed by atoms with Crippen molar-refractivity contribution in [2.24, 2.45) is 5.73 Å². The Morgan fingerprint density at radius 2 is 1.83 bits per heavy atom. The van der Waals surface area contributed by atoms with Gasteiger partial charge in [-0.2, -0.15) is 0 Å². The number of ether oxygens (including phenoxy) is 2. The molecule has 0 bridgehead atoms. The molecule has 104 valence electrons. The van der Waals surface area contributed by atoms with Crippen molar-refractivity contribution in [3.05, 3.63) is 22.2 Å². The van der Waals surface area contributed by atoms with E-state index in [0.717, 1.165) is 40.8 Å². The van der Waals surface area contributed by atoms with Crippen molar-refractivity contribution in [1.29, 1.82) is 0 Å². The molecule has 0 aliphatic rings. The topological polar surface area (TPSA) is 44.5 Å². The number of benzene rings is 1. The highest BCUT2D eigenvalue weighted by Crippen LogP contribution is 2.36. The first-order chi connectivity index (χ1) is 8.13. The largest absolute Gasteiger partial charge is 0.496 e. The highest BCUT2D eigenvalue weighted by atomic mass is 79.9. The zero-order valence-corrected chi connectivity index (χ0v) is 13.4. The van der Waals surface area contributed by atoms with Gasteiger partial charge in [-0.1, -0.05) is 19.8 Å². The van der Waals surface area contributed by atoms with Crippen LogP contribution in [0.4, 0.5) is 0 Å². The van der Waals surface area contributed by atoms with Crippen LogP contribution in [0.1, 0.15) is 37.8 Å². The molecule has 0 radical (unpaired) electrons. The smallest absolute Gasteiger partial charge is 0.133 e. The lowest BCUT2D eigenvalue weighted by Crippen LogP contribution is -2.11. The first kappa shape index (κ1) is 17.6. The van der Waals surface area contributed by atoms with Crippen LogP contribution in [0.3, 0.4) is 0 Å². The summed E-state index contributed by atoms with van der Waals surface area (Å²) < 4.78 is 11.5. The van der Waals surface area contributed by atoms with E-state index in [-0.39, 0.29) is 18.4 Å². The van der Waals surface area contributed by atoms with E-state index >= 15 is 0 Å². The molecule has 1 rings (SSSR count). The van der Waals surface area contributed by atoms with Gasteiger partial charge >= 0.3 is 0 Å². The zero-order valence-electron chi connectivity index (χ0n) is 11.0. The highest BCUT2D eigenvalue weighted by Gasteiger charge is 2.15. The van der Waals surface area contributed by atoms with Crippen molar-refractivity contribution in [1.82, 2.24) is 0 Å². The molecule has 0 saturated carbocycles. The monoisotopic (exact) mass is 337 g/mol. The molecule has 0 heterocycles. The Hall–Kier alpha value is -0.450. The van der Waals surface area contributed by atoms with Crippen LogP contribution < -0.4 is 15.2 Å². The molecule has 18 heavy (non-hydrogen) atoms. The number of nitrogens with two attached hydrogens (primary N) is 1. The molecule has 0 fully saturated rings. The molecule has 3 nitrogen and oxygen atoms in total. The Labute approximate surface area is 124 Å². The molecule has 1 atom stereocenters. The van der Waals surface area contributed by atoms with Crippen molar-refractivity contribution in [3.8, 4) is 11.5 Å². The van der Waals surface area contributed by atoms with E-state index in [4.69, 9.17) is 15.2 Å². The second-order valence-electron chi connectivity index (χ2n) is 3.98. The Bertz CT molecular complexity index is 374. The molecule has 5 heteroatoms. The second kappa shape index (κ2) is 8.62. The minimum Gasteiger partial charge on any atom is -0.496 e. The predicted octanol–water partition coefficient (Wildman–Crippen LogP) is 4.08. The van der Waals surface area contributed by atoms with Crippen LogP contribution in [-0.4, -0.2) is 14.2 Å². The third kappa shape index (κ3) is 4.34. The minimum atomic E-state index is -0.00750. The average Bonchev–Trinajstić information content (AvgIpc) is 2.35. The summed E-state index contributed by atoms with van der Waals surface area (Å²) >= 11 is 3.44. The van der Waals surface area contributed by atoms with Gasteiger partial charge in [0.15, 0.2) is 0 Å². The van der Waals surface area contributed by atoms with Gasteiger partial charge in [0.1, 0.15) is 11.5 Å². The van der Waals surface area contributed by atoms with Crippen LogP contribution in [0.25, 0.3) is 0 Å². The molecular weight excluding hydrogens is 318 g/mol. The Morgan fingerprint density at radius 3 is 2.33 bits per heavy atom. The molecule has 1 aromatic rings. The molecule has 0 unspecified atom stereocenters. The lowest BCUT2D eigenvalue weighted by atomic mass is 10.0. The lowest BCUT2D eigenvalue weighted by Gasteiger charge is -2.17. The fourth-order valence-electron chi connectivity index (χ4n) is 1.75. The van der Waals surface area contributed by atoms with Crippen LogP contribution in [0.5, 0.6) is 11.5 Å². The third-order valence-corrected chi connectivity index (χ3v) is 3.39. The van der Waals surface area contributed by atoms with Crippen LogP contribution in [0, 0.1) is 0 Å². The summed E-state index contributed by atoms with van der Waals surface area (Å²) in [5.41, 5.74) is 7.18. The summed E-state index contributed by atoms with van der Waals surface area (Å²) in [4.78, 5) is 0. The minimum absolute atomic E-state index is 0. The summed E-state index contributed by atoms with van der Waals surface area (Å²) in [7, 11) is 3.30. The van der Waals surface area contributed by atoms with Gasteiger partial charge < -0.3 is 15.2 Å². The lowest BCUT2D eigenvalue weighted by molar-refractivity contribution is 0.391. The number of methoxy groups -OCH3 is 2. The van der Waals surface area contributed by atoms with Gasteiger partial charge in [0.2, 0.25) is 0 Å². The number of hydrogen-bond acceptors (Lipinski definition) is 3. The predicted molar refractivity (Wildman–Crippen MR) is 80.9 cm³/mol. The maximum Gasteiger partial charge on any atom is 0.133 e. The van der Waals surface area contributed by atoms with Crippen LogP contribution in [0.2, 0.25) is 0 Å². The van der Waals surface area contributed by atoms with Gasteiger partial charge in [-0.25, -0.2) is 0 Å². The van der Waals surface area contributed by atoms with Crippen LogP contribution in [-0.2, 0) is 0 Å². The van der Waals surface area contributed by atoms with Crippen LogP contribution in [0.15, 0.2) is 16.6 Å². The average molecular weight is 339 g/mol. The maximum atomic E-state index is 6.18. The summed E-state index contributed by atoms with van der Waals surface area (Å²) in [6.45, 7) is 2.16. The quantitative estimate of drug-likeness (QED) is 0.850. The highest BCUT2D eigenvalue weighted by molar-refractivity contribution is 9.10. The molecule has 0 saturated heterocycles. The molecule has 0 aliphatic carbocycles. The fraction of sp³-hybridized carbons (Fsp3) is 0.538. The summed E-state index contributed by atoms with van der Waals surface area (Å²) in [5, 5.41) is 0. The van der Waals surface area contributed by atoms with E-state index in [0.29, 0.717) is 0 Å². The first-order valence-electron chi connectivity index (χ1n) is 5.81. The van der Waals surface area contributed by atoms with E-state index in [1.807, 2.05) is 12.1 Å². The Balaban J connectivity index is 0.00000289. The van der Waals surface area contributed by atoms with Crippen molar-refractivity contribution in [2.75, 3.05) is 14.2 Å². The summed E-state index contributed by atoms with van der Waals surface area (Å²) in [6.07, 6.45) is 3.21. The third-order valence-electron chi connectivity index (χ3n) is 2.77. The summed E-state index contributed by atoms with van der Waals surface area (Å²) in [6, 6.07) is 3.84. The molecule has 0 aliphatic heterocycles. The van der Waals surface area contributed by atoms with E-state index in [1.54, 1.807) is 14.2 Å². The zero-order chi connectivity index (χ0) is 12.8. The number of hydrogen-bond donors (Lipinski definition) is 1. The molecule has 1 aromatic carbocycles. The number of rotatable bonds is 6. The van der Waals surface area contributed by atoms with Gasteiger partial charge in [-0.3, -0.25) is 0 Å². The fourth-order valence-corrected chi connectivity index (χ4v) is 2.24. The molecule has 0 amide bonds. The normalized spacial score (nSPS) is 11.6. The Morgan fingerprint density at radius 1 is 1.22 bits per heavy atom. The van der Waals surface area contributed by atoms with Gasteiger partial charge in [-0.15, -0.1) is 12.4 Å². The van der Waals surface area contributed by atoms with Gasteiger partial charge in [-0.05, 0) is 34.5 Å². The van der Waals surface area contributed by atoms with E-state index in [2.05, 4.69) is 22.9 Å². The standard InChI is InChI=1S/C13H20BrNO2.ClH/c1-4-5-6-11(15)9-7-13(17-3)10(14)8-12(9)16-2;/h7-8,11H,4-6,15H2,1-3H3;1H/t11-;/m1./s1. The second-order valence-corrected chi connectivity index (χ2v) is 4.83. The van der Waals surface area contributed by atoms with Crippen molar-refractivity contribution in [3.63, 3.8) is 0 Å². The van der Waals surface area contributed by atoms with Crippen LogP contribution >= 0.6 is 28.3 Å².